The van der Waals surface area contributed by atoms with Gasteiger partial charge in [-0.1, -0.05) is 17.3 Å². The van der Waals surface area contributed by atoms with Gasteiger partial charge < -0.3 is 14.8 Å². The summed E-state index contributed by atoms with van der Waals surface area (Å²) >= 11 is 0. The quantitative estimate of drug-likeness (QED) is 0.420. The number of benzene rings is 2. The lowest BCUT2D eigenvalue weighted by Crippen LogP contribution is -2.11. The van der Waals surface area contributed by atoms with Crippen molar-refractivity contribution in [1.29, 1.82) is 0 Å². The number of aryl methyl sites for hydroxylation is 1. The molecular weight excluding hydrogens is 465 g/mol. The van der Waals surface area contributed by atoms with Crippen LogP contribution in [0.5, 0.6) is 17.4 Å². The molecular formula is C23H17F3N6O3. The minimum Gasteiger partial charge on any atom is -0.494 e. The molecule has 5 rings (SSSR count). The number of carbonyl (C=O) groups is 1. The molecule has 2 heterocycles. The second-order valence-corrected chi connectivity index (χ2v) is 7.58. The zero-order valence-electron chi connectivity index (χ0n) is 18.2. The number of nitrogens with zero attached hydrogens (tertiary/aromatic N) is 5. The topological polar surface area (TPSA) is 104 Å². The predicted molar refractivity (Wildman–Crippen MR) is 117 cm³/mol. The molecule has 1 aliphatic carbocycles. The minimum absolute atomic E-state index is 0.0231. The second kappa shape index (κ2) is 8.70. The Kier molecular flexibility index (Phi) is 5.55. The molecule has 178 valence electrons. The van der Waals surface area contributed by atoms with Crippen LogP contribution < -0.4 is 14.8 Å². The predicted octanol–water partition coefficient (Wildman–Crippen LogP) is 4.75. The summed E-state index contributed by atoms with van der Waals surface area (Å²) in [5, 5.41) is 10.5. The Morgan fingerprint density at radius 1 is 1.11 bits per heavy atom. The molecule has 2 aromatic heterocycles. The molecule has 12 heteroatoms. The van der Waals surface area contributed by atoms with Gasteiger partial charge in [0.2, 0.25) is 11.8 Å². The van der Waals surface area contributed by atoms with Gasteiger partial charge in [0, 0.05) is 18.7 Å². The Morgan fingerprint density at radius 2 is 1.97 bits per heavy atom. The Bertz CT molecular complexity index is 1410. The summed E-state index contributed by atoms with van der Waals surface area (Å²) in [5.41, 5.74) is 0.895. The van der Waals surface area contributed by atoms with Crippen molar-refractivity contribution in [3.05, 3.63) is 71.7 Å². The largest absolute Gasteiger partial charge is 0.494 e. The van der Waals surface area contributed by atoms with Crippen molar-refractivity contribution in [2.75, 3.05) is 12.4 Å². The first-order chi connectivity index (χ1) is 16.8. The van der Waals surface area contributed by atoms with E-state index in [1.165, 1.54) is 24.1 Å². The Hall–Kier alpha value is -4.48. The van der Waals surface area contributed by atoms with Gasteiger partial charge in [-0.15, -0.1) is 5.10 Å². The maximum atomic E-state index is 13.7. The molecule has 0 amide bonds. The summed E-state index contributed by atoms with van der Waals surface area (Å²) in [6, 6.07) is 9.84. The summed E-state index contributed by atoms with van der Waals surface area (Å²) in [6.07, 6.45) is -0.179. The van der Waals surface area contributed by atoms with Gasteiger partial charge in [0.05, 0.1) is 36.4 Å². The molecule has 0 atom stereocenters. The van der Waals surface area contributed by atoms with Gasteiger partial charge in [-0.25, -0.2) is 9.67 Å². The molecule has 35 heavy (non-hydrogen) atoms. The number of carbonyl (C=O) groups excluding carboxylic acids is 1. The van der Waals surface area contributed by atoms with Crippen molar-refractivity contribution in [2.24, 2.45) is 0 Å². The van der Waals surface area contributed by atoms with Crippen LogP contribution in [-0.2, 0) is 12.6 Å². The lowest BCUT2D eigenvalue weighted by Gasteiger charge is -2.16. The lowest BCUT2D eigenvalue weighted by atomic mass is 10.1. The molecule has 0 saturated carbocycles. The molecule has 0 bridgehead atoms. The summed E-state index contributed by atoms with van der Waals surface area (Å²) in [7, 11) is 1.45. The van der Waals surface area contributed by atoms with Gasteiger partial charge in [0.1, 0.15) is 17.1 Å². The van der Waals surface area contributed by atoms with Gasteiger partial charge in [0.25, 0.3) is 0 Å². The molecule has 1 aliphatic rings. The van der Waals surface area contributed by atoms with Crippen LogP contribution in [0.4, 0.5) is 24.8 Å². The number of methoxy groups -OCH3 is 1. The van der Waals surface area contributed by atoms with E-state index in [9.17, 15) is 18.0 Å². The lowest BCUT2D eigenvalue weighted by molar-refractivity contribution is -0.139. The van der Waals surface area contributed by atoms with Gasteiger partial charge in [0.15, 0.2) is 5.78 Å². The van der Waals surface area contributed by atoms with E-state index in [4.69, 9.17) is 9.47 Å². The standard InChI is InChI=1S/C23H17F3N6O3/c1-34-19-11-14(32-10-9-28-31-32)6-7-16(19)29-22-27-12-15(23(24,25)26)21(30-22)35-18-4-2-3-13-5-8-17(33)20(13)18/h2-4,6-7,9-12H,5,8H2,1H3,(H,27,29,30). The zero-order valence-corrected chi connectivity index (χ0v) is 18.2. The van der Waals surface area contributed by atoms with Gasteiger partial charge in [-0.3, -0.25) is 4.79 Å². The molecule has 0 fully saturated rings. The summed E-state index contributed by atoms with van der Waals surface area (Å²) in [6.45, 7) is 0. The third kappa shape index (κ3) is 4.37. The van der Waals surface area contributed by atoms with E-state index in [0.29, 0.717) is 29.7 Å². The highest BCUT2D eigenvalue weighted by atomic mass is 19.4. The van der Waals surface area contributed by atoms with Crippen LogP contribution in [0.2, 0.25) is 0 Å². The number of aromatic nitrogens is 5. The highest BCUT2D eigenvalue weighted by Gasteiger charge is 2.37. The summed E-state index contributed by atoms with van der Waals surface area (Å²) in [5.74, 6) is -0.667. The average Bonchev–Trinajstić information content (AvgIpc) is 3.50. The molecule has 0 unspecified atom stereocenters. The van der Waals surface area contributed by atoms with E-state index in [1.807, 2.05) is 0 Å². The van der Waals surface area contributed by atoms with E-state index in [0.717, 1.165) is 5.56 Å². The number of hydrogen-bond acceptors (Lipinski definition) is 8. The SMILES string of the molecule is COc1cc(-n2ccnn2)ccc1Nc1ncc(C(F)(F)F)c(Oc2cccc3c2C(=O)CC3)n1. The van der Waals surface area contributed by atoms with Crippen LogP contribution in [-0.4, -0.2) is 37.9 Å². The zero-order chi connectivity index (χ0) is 24.6. The number of fused-ring (bicyclic) bond motifs is 1. The van der Waals surface area contributed by atoms with Crippen LogP contribution in [0.25, 0.3) is 5.69 Å². The van der Waals surface area contributed by atoms with Gasteiger partial charge >= 0.3 is 6.18 Å². The molecule has 0 aliphatic heterocycles. The van der Waals surface area contributed by atoms with E-state index >= 15 is 0 Å². The third-order valence-electron chi connectivity index (χ3n) is 5.40. The number of ether oxygens (including phenoxy) is 2. The van der Waals surface area contributed by atoms with Crippen LogP contribution in [0, 0.1) is 0 Å². The van der Waals surface area contributed by atoms with Crippen LogP contribution >= 0.6 is 0 Å². The van der Waals surface area contributed by atoms with E-state index in [2.05, 4.69) is 25.6 Å². The highest BCUT2D eigenvalue weighted by molar-refractivity contribution is 6.03. The smallest absolute Gasteiger partial charge is 0.423 e. The van der Waals surface area contributed by atoms with Crippen LogP contribution in [0.1, 0.15) is 27.9 Å². The van der Waals surface area contributed by atoms with E-state index in [-0.39, 0.29) is 29.5 Å². The summed E-state index contributed by atoms with van der Waals surface area (Å²) in [4.78, 5) is 20.1. The summed E-state index contributed by atoms with van der Waals surface area (Å²) < 4.78 is 53.5. The van der Waals surface area contributed by atoms with Crippen LogP contribution in [0.15, 0.2) is 55.0 Å². The number of rotatable bonds is 6. The van der Waals surface area contributed by atoms with Gasteiger partial charge in [-0.05, 0) is 30.2 Å². The molecule has 0 spiro atoms. The Labute approximate surface area is 196 Å². The Morgan fingerprint density at radius 3 is 2.71 bits per heavy atom. The maximum Gasteiger partial charge on any atom is 0.423 e. The normalized spacial score (nSPS) is 13.0. The number of anilines is 2. The number of halogens is 3. The van der Waals surface area contributed by atoms with Crippen molar-refractivity contribution in [3.63, 3.8) is 0 Å². The molecule has 2 aromatic carbocycles. The van der Waals surface area contributed by atoms with Crippen molar-refractivity contribution >= 4 is 17.4 Å². The number of ketones is 1. The molecule has 1 N–H and O–H groups in total. The highest BCUT2D eigenvalue weighted by Crippen LogP contribution is 2.40. The first-order valence-corrected chi connectivity index (χ1v) is 10.4. The van der Waals surface area contributed by atoms with Crippen molar-refractivity contribution in [2.45, 2.75) is 19.0 Å². The van der Waals surface area contributed by atoms with Crippen molar-refractivity contribution in [3.8, 4) is 23.1 Å². The van der Waals surface area contributed by atoms with Crippen LogP contribution in [0.3, 0.4) is 0 Å². The van der Waals surface area contributed by atoms with Crippen molar-refractivity contribution < 1.29 is 27.4 Å². The van der Waals surface area contributed by atoms with E-state index in [1.54, 1.807) is 36.5 Å². The maximum absolute atomic E-state index is 13.7. The van der Waals surface area contributed by atoms with E-state index < -0.39 is 17.6 Å². The number of nitrogens with one attached hydrogen (secondary N) is 1. The molecule has 4 aromatic rings. The number of alkyl halides is 3. The fraction of sp³-hybridized carbons (Fsp3) is 0.174. The fourth-order valence-corrected chi connectivity index (χ4v) is 3.75. The minimum atomic E-state index is -4.77. The number of hydrogen-bond donors (Lipinski definition) is 1. The van der Waals surface area contributed by atoms with Gasteiger partial charge in [-0.2, -0.15) is 18.2 Å². The first kappa shape index (κ1) is 22.3. The molecule has 0 saturated heterocycles. The third-order valence-corrected chi connectivity index (χ3v) is 5.40. The first-order valence-electron chi connectivity index (χ1n) is 10.4. The second-order valence-electron chi connectivity index (χ2n) is 7.58. The Balaban J connectivity index is 1.50. The average molecular weight is 482 g/mol. The number of Topliss-reactive ketones (excluding diaryl/α,β-unsaturated/α-hetero) is 1. The molecule has 0 radical (unpaired) electrons. The van der Waals surface area contributed by atoms with Crippen molar-refractivity contribution in [1.82, 2.24) is 25.0 Å². The fourth-order valence-electron chi connectivity index (χ4n) is 3.75. The monoisotopic (exact) mass is 482 g/mol. The molecule has 9 nitrogen and oxygen atoms in total.